The van der Waals surface area contributed by atoms with Crippen molar-refractivity contribution in [3.05, 3.63) is 34.4 Å². The number of hydrogen-bond acceptors (Lipinski definition) is 7. The third-order valence-corrected chi connectivity index (χ3v) is 7.75. The monoisotopic (exact) mass is 691 g/mol. The van der Waals surface area contributed by atoms with Crippen LogP contribution in [0.1, 0.15) is 38.7 Å². The van der Waals surface area contributed by atoms with Gasteiger partial charge in [-0.05, 0) is 46.3 Å². The molecule has 1 fully saturated rings. The molecule has 2 aromatic rings. The Bertz CT molecular complexity index is 1470. The van der Waals surface area contributed by atoms with Gasteiger partial charge in [-0.2, -0.15) is 0 Å². The molecule has 0 saturated carbocycles. The number of nitrogens with one attached hydrogen (secondary N) is 6. The number of nitrogens with zero attached hydrogens (tertiary/aromatic N) is 1. The number of aliphatic imine (C=N–C) groups is 1. The fourth-order valence-electron chi connectivity index (χ4n) is 4.79. The molecule has 0 radical (unpaired) electrons. The fourth-order valence-corrected chi connectivity index (χ4v) is 5.27. The van der Waals surface area contributed by atoms with Crippen molar-refractivity contribution in [2.24, 2.45) is 22.4 Å². The standard InChI is InChI=1S/C28H38BrN9O7/c1-13(2)22-27(45)36-17(7-4-8-32-28(30)31)24(42)34-12-20(39)35-19(10-21(40)41)25(43)37-18(26(44)38-22)9-14-11-33-23-15(14)5-3-6-16(23)29/h3,5-6,11,13,17-19,22,33H,4,7-10,12H2,1-2H3,(H,34,42)(H,35,39)(H,36,45)(H,37,43)(H,38,44)(H,40,41)(H4,30,31,32)/t17-,18+,19-,22-/m0/s1. The quantitative estimate of drug-likeness (QED) is 0.0860. The highest BCUT2D eigenvalue weighted by molar-refractivity contribution is 9.10. The fraction of sp³-hybridized carbons (Fsp3) is 0.464. The van der Waals surface area contributed by atoms with E-state index >= 15 is 0 Å². The van der Waals surface area contributed by atoms with E-state index in [1.807, 2.05) is 12.1 Å². The van der Waals surface area contributed by atoms with Gasteiger partial charge in [-0.25, -0.2) is 0 Å². The first-order valence-electron chi connectivity index (χ1n) is 14.3. The van der Waals surface area contributed by atoms with Gasteiger partial charge >= 0.3 is 5.97 Å². The van der Waals surface area contributed by atoms with Gasteiger partial charge in [0.05, 0.1) is 18.5 Å². The Hall–Kier alpha value is -4.67. The molecule has 1 aliphatic heterocycles. The average Bonchev–Trinajstić information content (AvgIpc) is 3.38. The van der Waals surface area contributed by atoms with E-state index in [9.17, 15) is 33.9 Å². The summed E-state index contributed by atoms with van der Waals surface area (Å²) in [5.41, 5.74) is 12.1. The summed E-state index contributed by atoms with van der Waals surface area (Å²) < 4.78 is 0.776. The van der Waals surface area contributed by atoms with Crippen LogP contribution >= 0.6 is 15.9 Å². The highest BCUT2D eigenvalue weighted by atomic mass is 79.9. The van der Waals surface area contributed by atoms with Gasteiger partial charge < -0.3 is 48.1 Å². The lowest BCUT2D eigenvalue weighted by Gasteiger charge is -2.27. The molecular formula is C28H38BrN9O7. The molecule has 45 heavy (non-hydrogen) atoms. The second-order valence-electron chi connectivity index (χ2n) is 10.9. The summed E-state index contributed by atoms with van der Waals surface area (Å²) in [4.78, 5) is 84.9. The second-order valence-corrected chi connectivity index (χ2v) is 11.8. The van der Waals surface area contributed by atoms with Gasteiger partial charge in [0.15, 0.2) is 5.96 Å². The lowest BCUT2D eigenvalue weighted by atomic mass is 9.99. The number of halogens is 1. The molecule has 2 heterocycles. The van der Waals surface area contributed by atoms with Crippen LogP contribution in [0.3, 0.4) is 0 Å². The largest absolute Gasteiger partial charge is 0.481 e. The van der Waals surface area contributed by atoms with E-state index in [1.54, 1.807) is 26.1 Å². The Kier molecular flexibility index (Phi) is 12.3. The normalized spacial score (nSPS) is 21.9. The molecule has 0 unspecified atom stereocenters. The van der Waals surface area contributed by atoms with E-state index in [0.29, 0.717) is 12.0 Å². The van der Waals surface area contributed by atoms with Gasteiger partial charge in [-0.3, -0.25) is 33.8 Å². The average molecular weight is 693 g/mol. The van der Waals surface area contributed by atoms with E-state index in [2.05, 4.69) is 52.5 Å². The van der Waals surface area contributed by atoms with Crippen LogP contribution in [0.5, 0.6) is 0 Å². The predicted octanol–water partition coefficient (Wildman–Crippen LogP) is -1.27. The van der Waals surface area contributed by atoms with E-state index in [1.165, 1.54) is 0 Å². The Balaban J connectivity index is 1.98. The number of H-pyrrole nitrogens is 1. The third-order valence-electron chi connectivity index (χ3n) is 7.09. The predicted molar refractivity (Wildman–Crippen MR) is 167 cm³/mol. The number of carbonyl (C=O) groups excluding carboxylic acids is 5. The van der Waals surface area contributed by atoms with Crippen LogP contribution < -0.4 is 38.1 Å². The molecule has 0 aliphatic carbocycles. The maximum absolute atomic E-state index is 13.8. The molecule has 16 nitrogen and oxygen atoms in total. The van der Waals surface area contributed by atoms with Crippen molar-refractivity contribution in [1.29, 1.82) is 0 Å². The van der Waals surface area contributed by atoms with Crippen LogP contribution in [0.25, 0.3) is 10.9 Å². The van der Waals surface area contributed by atoms with Crippen LogP contribution in [-0.2, 0) is 35.2 Å². The minimum absolute atomic E-state index is 0.0400. The molecule has 1 aliphatic rings. The van der Waals surface area contributed by atoms with Gasteiger partial charge in [0.25, 0.3) is 0 Å². The summed E-state index contributed by atoms with van der Waals surface area (Å²) >= 11 is 3.47. The zero-order valence-corrected chi connectivity index (χ0v) is 26.4. The number of guanidine groups is 1. The number of benzene rings is 1. The Labute approximate surface area is 267 Å². The van der Waals surface area contributed by atoms with Gasteiger partial charge in [0.2, 0.25) is 29.5 Å². The summed E-state index contributed by atoms with van der Waals surface area (Å²) in [5, 5.41) is 22.8. The third kappa shape index (κ3) is 9.92. The Morgan fingerprint density at radius 3 is 2.33 bits per heavy atom. The van der Waals surface area contributed by atoms with Gasteiger partial charge in [-0.1, -0.05) is 26.0 Å². The summed E-state index contributed by atoms with van der Waals surface area (Å²) in [6, 6.07) is 0.366. The van der Waals surface area contributed by atoms with Gasteiger partial charge in [-0.15, -0.1) is 0 Å². The van der Waals surface area contributed by atoms with Crippen molar-refractivity contribution in [3.63, 3.8) is 0 Å². The van der Waals surface area contributed by atoms with E-state index in [4.69, 9.17) is 11.5 Å². The molecule has 11 N–H and O–H groups in total. The maximum Gasteiger partial charge on any atom is 0.305 e. The van der Waals surface area contributed by atoms with Crippen molar-refractivity contribution in [3.8, 4) is 0 Å². The summed E-state index contributed by atoms with van der Waals surface area (Å²) in [6.07, 6.45) is 1.24. The molecule has 0 spiro atoms. The number of amides is 5. The summed E-state index contributed by atoms with van der Waals surface area (Å²) in [6.45, 7) is 2.95. The van der Waals surface area contributed by atoms with Crippen LogP contribution in [0.4, 0.5) is 0 Å². The first-order chi connectivity index (χ1) is 21.3. The zero-order valence-electron chi connectivity index (χ0n) is 24.8. The van der Waals surface area contributed by atoms with Crippen LogP contribution in [0, 0.1) is 5.92 Å². The number of carboxylic acids is 1. The molecule has 1 aromatic heterocycles. The minimum atomic E-state index is -1.57. The van der Waals surface area contributed by atoms with Crippen molar-refractivity contribution >= 4 is 68.3 Å². The molecule has 1 aromatic carbocycles. The first kappa shape index (κ1) is 34.8. The number of para-hydroxylation sites is 1. The lowest BCUT2D eigenvalue weighted by molar-refractivity contribution is -0.141. The number of aromatic amines is 1. The number of carboxylic acid groups (broad SMARTS) is 1. The minimum Gasteiger partial charge on any atom is -0.481 e. The zero-order chi connectivity index (χ0) is 33.3. The van der Waals surface area contributed by atoms with Crippen LogP contribution in [0.15, 0.2) is 33.9 Å². The van der Waals surface area contributed by atoms with Crippen LogP contribution in [-0.4, -0.2) is 88.8 Å². The second kappa shape index (κ2) is 15.9. The number of nitrogens with two attached hydrogens (primary N) is 2. The topological polar surface area (TPSA) is 263 Å². The lowest BCUT2D eigenvalue weighted by Crippen LogP contribution is -2.59. The number of aliphatic carboxylic acids is 1. The SMILES string of the molecule is CC(C)[C@@H]1NC(=O)[C@@H](Cc2c[nH]c3c(Br)cccc23)NC(=O)[C@H](CC(=O)O)NC(=O)CNC(=O)[C@H](CCCN=C(N)N)NC1=O. The Morgan fingerprint density at radius 2 is 1.67 bits per heavy atom. The molecular weight excluding hydrogens is 654 g/mol. The molecule has 1 saturated heterocycles. The molecule has 4 atom stereocenters. The van der Waals surface area contributed by atoms with E-state index in [-0.39, 0.29) is 25.3 Å². The van der Waals surface area contributed by atoms with Gasteiger partial charge in [0.1, 0.15) is 24.2 Å². The van der Waals surface area contributed by atoms with Crippen LogP contribution in [0.2, 0.25) is 0 Å². The molecule has 244 valence electrons. The maximum atomic E-state index is 13.8. The molecule has 17 heteroatoms. The van der Waals surface area contributed by atoms with Crippen molar-refractivity contribution in [2.45, 2.75) is 63.7 Å². The van der Waals surface area contributed by atoms with Crippen molar-refractivity contribution < 1.29 is 33.9 Å². The number of rotatable bonds is 9. The van der Waals surface area contributed by atoms with E-state index < -0.39 is 78.6 Å². The smallest absolute Gasteiger partial charge is 0.305 e. The number of hydrogen-bond donors (Lipinski definition) is 9. The first-order valence-corrected chi connectivity index (χ1v) is 15.1. The van der Waals surface area contributed by atoms with Crippen molar-refractivity contribution in [2.75, 3.05) is 13.1 Å². The summed E-state index contributed by atoms with van der Waals surface area (Å²) in [5.74, 6) is -5.86. The number of aromatic nitrogens is 1. The highest BCUT2D eigenvalue weighted by Crippen LogP contribution is 2.26. The molecule has 3 rings (SSSR count). The van der Waals surface area contributed by atoms with Gasteiger partial charge in [0, 0.05) is 29.0 Å². The summed E-state index contributed by atoms with van der Waals surface area (Å²) in [7, 11) is 0. The molecule has 0 bridgehead atoms. The number of carbonyl (C=O) groups is 6. The number of fused-ring (bicyclic) bond motifs is 1. The Morgan fingerprint density at radius 1 is 0.978 bits per heavy atom. The van der Waals surface area contributed by atoms with E-state index in [0.717, 1.165) is 15.4 Å². The molecule has 5 amide bonds. The highest BCUT2D eigenvalue weighted by Gasteiger charge is 2.34. The van der Waals surface area contributed by atoms with Crippen molar-refractivity contribution in [1.82, 2.24) is 31.6 Å².